The molecule has 0 aromatic heterocycles. The van der Waals surface area contributed by atoms with Gasteiger partial charge in [-0.25, -0.2) is 0 Å². The fraction of sp³-hybridized carbons (Fsp3) is 0.500. The molecule has 1 aliphatic rings. The van der Waals surface area contributed by atoms with E-state index in [1.807, 2.05) is 18.2 Å². The van der Waals surface area contributed by atoms with Crippen molar-refractivity contribution in [3.63, 3.8) is 0 Å². The van der Waals surface area contributed by atoms with E-state index in [1.54, 1.807) is 0 Å². The van der Waals surface area contributed by atoms with Gasteiger partial charge in [-0.3, -0.25) is 0 Å². The summed E-state index contributed by atoms with van der Waals surface area (Å²) >= 11 is 5.21. The lowest BCUT2D eigenvalue weighted by atomic mass is 9.90. The van der Waals surface area contributed by atoms with Crippen molar-refractivity contribution in [3.05, 3.63) is 35.9 Å². The van der Waals surface area contributed by atoms with Crippen LogP contribution in [-0.4, -0.2) is 29.5 Å². The van der Waals surface area contributed by atoms with Crippen LogP contribution in [-0.2, 0) is 0 Å². The normalized spacial score (nSPS) is 17.8. The van der Waals surface area contributed by atoms with Gasteiger partial charge in [0.15, 0.2) is 0 Å². The highest BCUT2D eigenvalue weighted by Gasteiger charge is 2.25. The Bertz CT molecular complexity index is 373. The molecule has 0 aliphatic heterocycles. The van der Waals surface area contributed by atoms with Crippen LogP contribution >= 0.6 is 12.2 Å². The van der Waals surface area contributed by atoms with Crippen molar-refractivity contribution in [1.82, 2.24) is 4.90 Å². The van der Waals surface area contributed by atoms with E-state index in [9.17, 15) is 0 Å². The third kappa shape index (κ3) is 3.05. The second-order valence-electron chi connectivity index (χ2n) is 4.89. The standard InChI is InChI=1S/C14H20N2S/c1-16(12-8-5-9-12)10-13(14(15)17)11-6-3-2-4-7-11/h2-4,6-7,12-13H,5,8-10H2,1H3,(H2,15,17). The molecule has 17 heavy (non-hydrogen) atoms. The molecule has 0 saturated heterocycles. The van der Waals surface area contributed by atoms with E-state index >= 15 is 0 Å². The summed E-state index contributed by atoms with van der Waals surface area (Å²) in [5, 5.41) is 0. The SMILES string of the molecule is CN(CC(C(N)=S)c1ccccc1)C1CCC1. The highest BCUT2D eigenvalue weighted by Crippen LogP contribution is 2.26. The van der Waals surface area contributed by atoms with E-state index in [1.165, 1.54) is 24.8 Å². The molecule has 0 radical (unpaired) electrons. The Kier molecular flexibility index (Phi) is 4.13. The summed E-state index contributed by atoms with van der Waals surface area (Å²) in [6.45, 7) is 0.935. The molecule has 1 aromatic carbocycles. The van der Waals surface area contributed by atoms with Gasteiger partial charge in [-0.2, -0.15) is 0 Å². The first-order valence-corrected chi connectivity index (χ1v) is 6.64. The van der Waals surface area contributed by atoms with Crippen molar-refractivity contribution >= 4 is 17.2 Å². The maximum absolute atomic E-state index is 5.88. The Morgan fingerprint density at radius 1 is 1.41 bits per heavy atom. The maximum atomic E-state index is 5.88. The smallest absolute Gasteiger partial charge is 0.0816 e. The molecular formula is C14H20N2S. The molecular weight excluding hydrogens is 228 g/mol. The van der Waals surface area contributed by atoms with Gasteiger partial charge in [0.2, 0.25) is 0 Å². The highest BCUT2D eigenvalue weighted by atomic mass is 32.1. The summed E-state index contributed by atoms with van der Waals surface area (Å²) in [7, 11) is 2.18. The van der Waals surface area contributed by atoms with E-state index in [0.717, 1.165) is 12.6 Å². The molecule has 2 nitrogen and oxygen atoms in total. The van der Waals surface area contributed by atoms with E-state index in [-0.39, 0.29) is 5.92 Å². The first kappa shape index (κ1) is 12.5. The molecule has 1 aromatic rings. The number of likely N-dealkylation sites (N-methyl/N-ethyl adjacent to an activating group) is 1. The van der Waals surface area contributed by atoms with Crippen molar-refractivity contribution in [2.24, 2.45) is 5.73 Å². The minimum Gasteiger partial charge on any atom is -0.393 e. The van der Waals surface area contributed by atoms with Crippen molar-refractivity contribution in [1.29, 1.82) is 0 Å². The van der Waals surface area contributed by atoms with Crippen LogP contribution in [0, 0.1) is 0 Å². The number of benzene rings is 1. The van der Waals surface area contributed by atoms with Crippen LogP contribution in [0.15, 0.2) is 30.3 Å². The van der Waals surface area contributed by atoms with Gasteiger partial charge in [-0.15, -0.1) is 0 Å². The second-order valence-corrected chi connectivity index (χ2v) is 5.36. The number of nitrogens with two attached hydrogens (primary N) is 1. The van der Waals surface area contributed by atoms with Gasteiger partial charge in [-0.1, -0.05) is 49.0 Å². The molecule has 3 heteroatoms. The average Bonchev–Trinajstić information content (AvgIpc) is 2.24. The molecule has 0 heterocycles. The zero-order valence-electron chi connectivity index (χ0n) is 10.3. The molecule has 0 spiro atoms. The zero-order valence-corrected chi connectivity index (χ0v) is 11.1. The van der Waals surface area contributed by atoms with Crippen molar-refractivity contribution in [2.75, 3.05) is 13.6 Å². The second kappa shape index (κ2) is 5.61. The molecule has 0 bridgehead atoms. The lowest BCUT2D eigenvalue weighted by Gasteiger charge is -2.36. The van der Waals surface area contributed by atoms with Crippen molar-refractivity contribution in [2.45, 2.75) is 31.2 Å². The molecule has 1 atom stereocenters. The first-order valence-electron chi connectivity index (χ1n) is 6.23. The van der Waals surface area contributed by atoms with Gasteiger partial charge < -0.3 is 10.6 Å². The van der Waals surface area contributed by atoms with E-state index in [2.05, 4.69) is 24.1 Å². The fourth-order valence-electron chi connectivity index (χ4n) is 2.31. The monoisotopic (exact) mass is 248 g/mol. The lowest BCUT2D eigenvalue weighted by Crippen LogP contribution is -2.41. The largest absolute Gasteiger partial charge is 0.393 e. The fourth-order valence-corrected chi connectivity index (χ4v) is 2.52. The Balaban J connectivity index is 2.05. The van der Waals surface area contributed by atoms with Gasteiger partial charge in [0.25, 0.3) is 0 Å². The summed E-state index contributed by atoms with van der Waals surface area (Å²) in [5.74, 6) is 0.178. The van der Waals surface area contributed by atoms with Crippen LogP contribution in [0.2, 0.25) is 0 Å². The van der Waals surface area contributed by atoms with E-state index in [4.69, 9.17) is 18.0 Å². The molecule has 92 valence electrons. The molecule has 1 fully saturated rings. The van der Waals surface area contributed by atoms with Crippen LogP contribution in [0.5, 0.6) is 0 Å². The molecule has 2 rings (SSSR count). The number of thiocarbonyl (C=S) groups is 1. The van der Waals surface area contributed by atoms with Gasteiger partial charge in [0, 0.05) is 18.5 Å². The first-order chi connectivity index (χ1) is 8.18. The summed E-state index contributed by atoms with van der Waals surface area (Å²) < 4.78 is 0. The summed E-state index contributed by atoms with van der Waals surface area (Å²) in [6, 6.07) is 11.1. The van der Waals surface area contributed by atoms with Crippen LogP contribution in [0.1, 0.15) is 30.7 Å². The summed E-state index contributed by atoms with van der Waals surface area (Å²) in [4.78, 5) is 3.00. The maximum Gasteiger partial charge on any atom is 0.0816 e. The molecule has 1 aliphatic carbocycles. The van der Waals surface area contributed by atoms with Crippen molar-refractivity contribution < 1.29 is 0 Å². The third-order valence-electron chi connectivity index (χ3n) is 3.71. The highest BCUT2D eigenvalue weighted by molar-refractivity contribution is 7.80. The summed E-state index contributed by atoms with van der Waals surface area (Å²) in [5.41, 5.74) is 7.11. The lowest BCUT2D eigenvalue weighted by molar-refractivity contribution is 0.158. The van der Waals surface area contributed by atoms with Gasteiger partial charge in [-0.05, 0) is 25.5 Å². The third-order valence-corrected chi connectivity index (χ3v) is 4.00. The predicted molar refractivity (Wildman–Crippen MR) is 76.2 cm³/mol. The zero-order chi connectivity index (χ0) is 12.3. The number of hydrogen-bond acceptors (Lipinski definition) is 2. The number of rotatable bonds is 5. The number of hydrogen-bond donors (Lipinski definition) is 1. The Morgan fingerprint density at radius 3 is 2.53 bits per heavy atom. The van der Waals surface area contributed by atoms with Crippen LogP contribution in [0.4, 0.5) is 0 Å². The predicted octanol–water partition coefficient (Wildman–Crippen LogP) is 2.54. The minimum absolute atomic E-state index is 0.178. The quantitative estimate of drug-likeness (QED) is 0.812. The Labute approximate surface area is 109 Å². The molecule has 1 unspecified atom stereocenters. The van der Waals surface area contributed by atoms with Gasteiger partial charge >= 0.3 is 0 Å². The Morgan fingerprint density at radius 2 is 2.06 bits per heavy atom. The minimum atomic E-state index is 0.178. The average molecular weight is 248 g/mol. The van der Waals surface area contributed by atoms with Gasteiger partial charge in [0.1, 0.15) is 0 Å². The van der Waals surface area contributed by atoms with E-state index < -0.39 is 0 Å². The molecule has 0 amide bonds. The molecule has 2 N–H and O–H groups in total. The number of nitrogens with zero attached hydrogens (tertiary/aromatic N) is 1. The van der Waals surface area contributed by atoms with Crippen LogP contribution in [0.3, 0.4) is 0 Å². The Hall–Kier alpha value is -0.930. The van der Waals surface area contributed by atoms with Crippen LogP contribution in [0.25, 0.3) is 0 Å². The summed E-state index contributed by atoms with van der Waals surface area (Å²) in [6.07, 6.45) is 3.99. The topological polar surface area (TPSA) is 29.3 Å². The van der Waals surface area contributed by atoms with Crippen molar-refractivity contribution in [3.8, 4) is 0 Å². The van der Waals surface area contributed by atoms with Gasteiger partial charge in [0.05, 0.1) is 4.99 Å². The van der Waals surface area contributed by atoms with Crippen LogP contribution < -0.4 is 5.73 Å². The molecule has 1 saturated carbocycles. The van der Waals surface area contributed by atoms with E-state index in [0.29, 0.717) is 4.99 Å².